The van der Waals surface area contributed by atoms with Gasteiger partial charge >= 0.3 is 0 Å². The molecule has 1 atom stereocenters. The van der Waals surface area contributed by atoms with Crippen molar-refractivity contribution in [3.05, 3.63) is 28.2 Å². The lowest BCUT2D eigenvalue weighted by molar-refractivity contribution is 0.560. The van der Waals surface area contributed by atoms with Crippen LogP contribution in [0.1, 0.15) is 26.3 Å². The zero-order chi connectivity index (χ0) is 10.7. The summed E-state index contributed by atoms with van der Waals surface area (Å²) in [4.78, 5) is 0. The van der Waals surface area contributed by atoms with Crippen LogP contribution in [-0.4, -0.2) is 6.04 Å². The first-order chi connectivity index (χ1) is 6.49. The molecule has 0 aromatic heterocycles. The molecule has 78 valence electrons. The van der Waals surface area contributed by atoms with Crippen molar-refractivity contribution in [3.8, 4) is 0 Å². The van der Waals surface area contributed by atoms with E-state index in [-0.39, 0.29) is 0 Å². The van der Waals surface area contributed by atoms with Gasteiger partial charge in [-0.2, -0.15) is 0 Å². The second kappa shape index (κ2) is 4.83. The van der Waals surface area contributed by atoms with Crippen molar-refractivity contribution in [1.82, 2.24) is 0 Å². The number of anilines is 1. The molecule has 0 amide bonds. The van der Waals surface area contributed by atoms with Gasteiger partial charge in [-0.05, 0) is 43.5 Å². The maximum absolute atomic E-state index is 3.50. The average Bonchev–Trinajstić information content (AvgIpc) is 2.01. The van der Waals surface area contributed by atoms with Gasteiger partial charge in [0.1, 0.15) is 0 Å². The number of hydrogen-bond acceptors (Lipinski definition) is 1. The Balaban J connectivity index is 2.76. The molecule has 1 N–H and O–H groups in total. The lowest BCUT2D eigenvalue weighted by atomic mass is 10.1. The van der Waals surface area contributed by atoms with E-state index in [1.54, 1.807) is 0 Å². The molecule has 0 aliphatic heterocycles. The molecule has 0 heterocycles. The van der Waals surface area contributed by atoms with Gasteiger partial charge in [0.05, 0.1) is 0 Å². The van der Waals surface area contributed by atoms with Crippen LogP contribution in [0.2, 0.25) is 0 Å². The van der Waals surface area contributed by atoms with Gasteiger partial charge in [0, 0.05) is 16.2 Å². The highest BCUT2D eigenvalue weighted by molar-refractivity contribution is 9.10. The number of rotatable bonds is 3. The molecular weight excluding hydrogens is 238 g/mol. The first-order valence-electron chi connectivity index (χ1n) is 5.03. The van der Waals surface area contributed by atoms with E-state index in [4.69, 9.17) is 0 Å². The highest BCUT2D eigenvalue weighted by Crippen LogP contribution is 2.20. The number of benzene rings is 1. The fourth-order valence-corrected chi connectivity index (χ4v) is 1.86. The van der Waals surface area contributed by atoms with Gasteiger partial charge in [0.15, 0.2) is 0 Å². The monoisotopic (exact) mass is 255 g/mol. The van der Waals surface area contributed by atoms with Crippen LogP contribution in [0.3, 0.4) is 0 Å². The molecule has 1 aromatic carbocycles. The van der Waals surface area contributed by atoms with Gasteiger partial charge < -0.3 is 5.32 Å². The van der Waals surface area contributed by atoms with E-state index in [0.29, 0.717) is 12.0 Å². The molecule has 0 aliphatic carbocycles. The fraction of sp³-hybridized carbons (Fsp3) is 0.500. The van der Waals surface area contributed by atoms with E-state index in [0.717, 1.165) is 4.47 Å². The summed E-state index contributed by atoms with van der Waals surface area (Å²) in [7, 11) is 0. The van der Waals surface area contributed by atoms with Crippen molar-refractivity contribution in [2.24, 2.45) is 5.92 Å². The van der Waals surface area contributed by atoms with E-state index in [1.165, 1.54) is 11.3 Å². The fourth-order valence-electron chi connectivity index (χ4n) is 1.25. The van der Waals surface area contributed by atoms with Crippen LogP contribution >= 0.6 is 15.9 Å². The molecule has 0 fully saturated rings. The first kappa shape index (κ1) is 11.6. The summed E-state index contributed by atoms with van der Waals surface area (Å²) in [5.41, 5.74) is 2.47. The molecule has 0 aliphatic rings. The zero-order valence-corrected chi connectivity index (χ0v) is 10.9. The lowest BCUT2D eigenvalue weighted by Gasteiger charge is -2.19. The normalized spacial score (nSPS) is 13.0. The molecule has 1 unspecified atom stereocenters. The van der Waals surface area contributed by atoms with Crippen LogP contribution in [0.4, 0.5) is 5.69 Å². The van der Waals surface area contributed by atoms with Gasteiger partial charge in [-0.3, -0.25) is 0 Å². The van der Waals surface area contributed by atoms with E-state index in [1.807, 2.05) is 0 Å². The summed E-state index contributed by atoms with van der Waals surface area (Å²) in [6.07, 6.45) is 0. The highest BCUT2D eigenvalue weighted by atomic mass is 79.9. The molecule has 0 radical (unpaired) electrons. The van der Waals surface area contributed by atoms with Crippen LogP contribution in [0, 0.1) is 12.8 Å². The topological polar surface area (TPSA) is 12.0 Å². The zero-order valence-electron chi connectivity index (χ0n) is 9.26. The second-order valence-corrected chi connectivity index (χ2v) is 5.11. The van der Waals surface area contributed by atoms with E-state index in [2.05, 4.69) is 67.1 Å². The molecule has 0 spiro atoms. The van der Waals surface area contributed by atoms with Crippen LogP contribution in [0.5, 0.6) is 0 Å². The summed E-state index contributed by atoms with van der Waals surface area (Å²) in [5.74, 6) is 0.647. The molecule has 1 nitrogen and oxygen atoms in total. The van der Waals surface area contributed by atoms with Crippen molar-refractivity contribution < 1.29 is 0 Å². The van der Waals surface area contributed by atoms with Gasteiger partial charge in [0.25, 0.3) is 0 Å². The third-order valence-corrected chi connectivity index (χ3v) is 2.89. The van der Waals surface area contributed by atoms with Crippen molar-refractivity contribution in [1.29, 1.82) is 0 Å². The average molecular weight is 256 g/mol. The Hall–Kier alpha value is -0.500. The number of hydrogen-bond donors (Lipinski definition) is 1. The van der Waals surface area contributed by atoms with E-state index in [9.17, 15) is 0 Å². The minimum atomic E-state index is 0.503. The van der Waals surface area contributed by atoms with Crippen LogP contribution in [-0.2, 0) is 0 Å². The minimum Gasteiger partial charge on any atom is -0.382 e. The Labute approximate surface area is 95.0 Å². The molecule has 1 aromatic rings. The molecular formula is C12H18BrN. The van der Waals surface area contributed by atoms with Crippen molar-refractivity contribution >= 4 is 21.6 Å². The smallest absolute Gasteiger partial charge is 0.0356 e. The van der Waals surface area contributed by atoms with E-state index < -0.39 is 0 Å². The van der Waals surface area contributed by atoms with E-state index >= 15 is 0 Å². The number of halogens is 1. The van der Waals surface area contributed by atoms with Gasteiger partial charge in [-0.1, -0.05) is 29.8 Å². The number of nitrogens with one attached hydrogen (secondary N) is 1. The molecule has 1 rings (SSSR count). The molecule has 0 bridgehead atoms. The Morgan fingerprint density at radius 3 is 2.29 bits per heavy atom. The molecule has 0 saturated heterocycles. The second-order valence-electron chi connectivity index (χ2n) is 4.19. The van der Waals surface area contributed by atoms with Crippen molar-refractivity contribution in [2.45, 2.75) is 33.7 Å². The summed E-state index contributed by atoms with van der Waals surface area (Å²) in [5, 5.41) is 3.49. The molecule has 2 heteroatoms. The summed E-state index contributed by atoms with van der Waals surface area (Å²) in [6, 6.07) is 6.91. The summed E-state index contributed by atoms with van der Waals surface area (Å²) < 4.78 is 1.14. The van der Waals surface area contributed by atoms with Gasteiger partial charge in [-0.15, -0.1) is 0 Å². The third kappa shape index (κ3) is 3.33. The summed E-state index contributed by atoms with van der Waals surface area (Å²) >= 11 is 3.50. The van der Waals surface area contributed by atoms with Gasteiger partial charge in [-0.25, -0.2) is 0 Å². The SMILES string of the molecule is Cc1cc(Br)cc(NC(C)C(C)C)c1. The summed E-state index contributed by atoms with van der Waals surface area (Å²) in [6.45, 7) is 8.77. The molecule has 0 saturated carbocycles. The maximum Gasteiger partial charge on any atom is 0.0356 e. The standard InChI is InChI=1S/C12H18BrN/c1-8(2)10(4)14-12-6-9(3)5-11(13)7-12/h5-8,10,14H,1-4H3. The number of aryl methyl sites for hydroxylation is 1. The molecule has 14 heavy (non-hydrogen) atoms. The Kier molecular flexibility index (Phi) is 3.99. The Bertz CT molecular complexity index is 287. The van der Waals surface area contributed by atoms with Crippen LogP contribution < -0.4 is 5.32 Å². The largest absolute Gasteiger partial charge is 0.382 e. The van der Waals surface area contributed by atoms with Crippen molar-refractivity contribution in [3.63, 3.8) is 0 Å². The first-order valence-corrected chi connectivity index (χ1v) is 5.82. The quantitative estimate of drug-likeness (QED) is 0.854. The van der Waals surface area contributed by atoms with Crippen LogP contribution in [0.15, 0.2) is 22.7 Å². The maximum atomic E-state index is 3.50. The Morgan fingerprint density at radius 1 is 1.14 bits per heavy atom. The van der Waals surface area contributed by atoms with Crippen LogP contribution in [0.25, 0.3) is 0 Å². The highest BCUT2D eigenvalue weighted by Gasteiger charge is 2.06. The van der Waals surface area contributed by atoms with Gasteiger partial charge in [0.2, 0.25) is 0 Å². The van der Waals surface area contributed by atoms with Crippen molar-refractivity contribution in [2.75, 3.05) is 5.32 Å². The minimum absolute atomic E-state index is 0.503. The predicted octanol–water partition coefficient (Wildman–Crippen LogP) is 4.21. The Morgan fingerprint density at radius 2 is 1.79 bits per heavy atom. The predicted molar refractivity (Wildman–Crippen MR) is 66.8 cm³/mol. The lowest BCUT2D eigenvalue weighted by Crippen LogP contribution is -2.21. The third-order valence-electron chi connectivity index (χ3n) is 2.44.